The minimum absolute atomic E-state index is 0.0341. The average molecular weight is 486 g/mol. The number of carbonyl (C=O) groups excluding carboxylic acids is 2. The Morgan fingerprint density at radius 3 is 2.67 bits per heavy atom. The van der Waals surface area contributed by atoms with Gasteiger partial charge in [-0.1, -0.05) is 18.2 Å². The van der Waals surface area contributed by atoms with Crippen molar-refractivity contribution in [2.75, 3.05) is 22.8 Å². The molecule has 0 radical (unpaired) electrons. The molecule has 0 spiro atoms. The third kappa shape index (κ3) is 5.07. The number of para-hydroxylation sites is 1. The van der Waals surface area contributed by atoms with E-state index in [0.717, 1.165) is 18.4 Å². The highest BCUT2D eigenvalue weighted by Crippen LogP contribution is 2.31. The molecule has 10 heteroatoms. The summed E-state index contributed by atoms with van der Waals surface area (Å²) in [6.07, 6.45) is 1.63. The fourth-order valence-corrected chi connectivity index (χ4v) is 5.88. The van der Waals surface area contributed by atoms with Crippen molar-refractivity contribution >= 4 is 44.1 Å². The second-order valence-corrected chi connectivity index (χ2v) is 10.1. The lowest BCUT2D eigenvalue weighted by molar-refractivity contribution is -0.142. The fraction of sp³-hybridized carbons (Fsp3) is 0.261. The van der Waals surface area contributed by atoms with Crippen LogP contribution in [0.1, 0.15) is 35.0 Å². The highest BCUT2D eigenvalue weighted by Gasteiger charge is 2.29. The molecule has 3 aromatic rings. The van der Waals surface area contributed by atoms with Gasteiger partial charge >= 0.3 is 5.97 Å². The molecule has 1 aliphatic heterocycles. The van der Waals surface area contributed by atoms with E-state index < -0.39 is 15.9 Å². The lowest BCUT2D eigenvalue weighted by Gasteiger charge is -2.30. The molecule has 1 aromatic heterocycles. The number of nitrogens with one attached hydrogen (secondary N) is 1. The zero-order chi connectivity index (χ0) is 23.4. The number of amides is 1. The molecule has 0 aliphatic carbocycles. The molecule has 0 saturated heterocycles. The lowest BCUT2D eigenvalue weighted by Crippen LogP contribution is -2.35. The molecule has 33 heavy (non-hydrogen) atoms. The van der Waals surface area contributed by atoms with Crippen LogP contribution < -0.4 is 9.62 Å². The number of aromatic nitrogens is 1. The highest BCUT2D eigenvalue weighted by molar-refractivity contribution is 7.92. The number of anilines is 2. The van der Waals surface area contributed by atoms with Crippen molar-refractivity contribution in [1.82, 2.24) is 4.98 Å². The van der Waals surface area contributed by atoms with Gasteiger partial charge in [0.05, 0.1) is 29.3 Å². The van der Waals surface area contributed by atoms with Crippen molar-refractivity contribution < 1.29 is 22.7 Å². The summed E-state index contributed by atoms with van der Waals surface area (Å²) >= 11 is 1.20. The third-order valence-corrected chi connectivity index (χ3v) is 7.81. The van der Waals surface area contributed by atoms with Gasteiger partial charge in [-0.3, -0.25) is 19.2 Å². The summed E-state index contributed by atoms with van der Waals surface area (Å²) in [5.41, 5.74) is 2.52. The van der Waals surface area contributed by atoms with E-state index in [-0.39, 0.29) is 17.3 Å². The molecule has 2 aromatic carbocycles. The van der Waals surface area contributed by atoms with Crippen molar-refractivity contribution in [2.45, 2.75) is 31.1 Å². The number of fused-ring (bicyclic) bond motifs is 1. The normalized spacial score (nSPS) is 13.3. The minimum Gasteiger partial charge on any atom is -0.466 e. The maximum atomic E-state index is 13.2. The van der Waals surface area contributed by atoms with Crippen molar-refractivity contribution in [2.24, 2.45) is 0 Å². The minimum atomic E-state index is -3.74. The Hall–Kier alpha value is -3.24. The summed E-state index contributed by atoms with van der Waals surface area (Å²) in [6, 6.07) is 13.3. The predicted molar refractivity (Wildman–Crippen MR) is 126 cm³/mol. The Labute approximate surface area is 196 Å². The molecule has 1 amide bonds. The summed E-state index contributed by atoms with van der Waals surface area (Å²) in [5, 5.41) is 4.70. The van der Waals surface area contributed by atoms with E-state index in [9.17, 15) is 18.0 Å². The van der Waals surface area contributed by atoms with Crippen LogP contribution >= 0.6 is 11.3 Å². The number of ether oxygens (including phenoxy) is 1. The molecule has 0 saturated carbocycles. The van der Waals surface area contributed by atoms with E-state index in [4.69, 9.17) is 4.74 Å². The molecule has 0 fully saturated rings. The van der Waals surface area contributed by atoms with E-state index in [0.29, 0.717) is 35.2 Å². The van der Waals surface area contributed by atoms with Gasteiger partial charge in [-0.05, 0) is 55.7 Å². The first-order valence-corrected chi connectivity index (χ1v) is 12.8. The van der Waals surface area contributed by atoms with Crippen LogP contribution in [0.2, 0.25) is 0 Å². The standard InChI is InChI=1S/C23H23N3O5S2/c1-2-31-21(27)14-18-15-32-23(24-18)25-22(28)17-9-11-19(12-10-17)33(29,30)26-13-5-7-16-6-3-4-8-20(16)26/h3-4,6,8-12,15H,2,5,7,13-14H2,1H3,(H,24,25,28). The van der Waals surface area contributed by atoms with Gasteiger partial charge in [0.15, 0.2) is 5.13 Å². The number of sulfonamides is 1. The van der Waals surface area contributed by atoms with Gasteiger partial charge in [-0.15, -0.1) is 11.3 Å². The molecule has 0 unspecified atom stereocenters. The van der Waals surface area contributed by atoms with Gasteiger partial charge in [-0.2, -0.15) is 0 Å². The average Bonchev–Trinajstić information content (AvgIpc) is 3.25. The Balaban J connectivity index is 1.46. The topological polar surface area (TPSA) is 106 Å². The van der Waals surface area contributed by atoms with Gasteiger partial charge in [0.25, 0.3) is 15.9 Å². The maximum Gasteiger partial charge on any atom is 0.311 e. The van der Waals surface area contributed by atoms with Gasteiger partial charge in [0.1, 0.15) is 0 Å². The van der Waals surface area contributed by atoms with Crippen LogP contribution in [0.5, 0.6) is 0 Å². The largest absolute Gasteiger partial charge is 0.466 e. The quantitative estimate of drug-likeness (QED) is 0.512. The van der Waals surface area contributed by atoms with Gasteiger partial charge < -0.3 is 4.74 Å². The number of esters is 1. The Kier molecular flexibility index (Phi) is 6.75. The number of carbonyl (C=O) groups is 2. The van der Waals surface area contributed by atoms with Crippen molar-refractivity contribution in [3.8, 4) is 0 Å². The maximum absolute atomic E-state index is 13.2. The van der Waals surface area contributed by atoms with Crippen molar-refractivity contribution in [1.29, 1.82) is 0 Å². The first kappa shape index (κ1) is 22.9. The molecule has 1 aliphatic rings. The number of rotatable bonds is 7. The second kappa shape index (κ2) is 9.72. The van der Waals surface area contributed by atoms with Crippen molar-refractivity contribution in [3.05, 3.63) is 70.7 Å². The van der Waals surface area contributed by atoms with E-state index in [1.165, 1.54) is 39.9 Å². The fourth-order valence-electron chi connectivity index (χ4n) is 3.63. The molecule has 8 nitrogen and oxygen atoms in total. The zero-order valence-corrected chi connectivity index (χ0v) is 19.6. The lowest BCUT2D eigenvalue weighted by atomic mass is 10.0. The molecule has 2 heterocycles. The van der Waals surface area contributed by atoms with Gasteiger partial charge in [-0.25, -0.2) is 13.4 Å². The van der Waals surface area contributed by atoms with Crippen LogP contribution in [0, 0.1) is 0 Å². The number of thiazole rings is 1. The van der Waals surface area contributed by atoms with Gasteiger partial charge in [0.2, 0.25) is 0 Å². The Bertz CT molecular complexity index is 1270. The van der Waals surface area contributed by atoms with Crippen LogP contribution in [-0.4, -0.2) is 38.4 Å². The second-order valence-electron chi connectivity index (χ2n) is 7.41. The molecule has 4 rings (SSSR count). The number of nitrogens with zero attached hydrogens (tertiary/aromatic N) is 2. The van der Waals surface area contributed by atoms with E-state index in [2.05, 4.69) is 10.3 Å². The highest BCUT2D eigenvalue weighted by atomic mass is 32.2. The number of aryl methyl sites for hydroxylation is 1. The first-order chi connectivity index (χ1) is 15.9. The molecular weight excluding hydrogens is 462 g/mol. The van der Waals surface area contributed by atoms with Crippen LogP contribution in [0.15, 0.2) is 58.8 Å². The zero-order valence-electron chi connectivity index (χ0n) is 18.0. The molecule has 1 N–H and O–H groups in total. The summed E-state index contributed by atoms with van der Waals surface area (Å²) < 4.78 is 32.8. The number of benzene rings is 2. The molecule has 0 atom stereocenters. The molecule has 0 bridgehead atoms. The molecule has 172 valence electrons. The number of hydrogen-bond acceptors (Lipinski definition) is 7. The van der Waals surface area contributed by atoms with Crippen LogP contribution in [0.25, 0.3) is 0 Å². The van der Waals surface area contributed by atoms with Crippen molar-refractivity contribution in [3.63, 3.8) is 0 Å². The SMILES string of the molecule is CCOC(=O)Cc1csc(NC(=O)c2ccc(S(=O)(=O)N3CCCc4ccccc43)cc2)n1. The van der Waals surface area contributed by atoms with Crippen LogP contribution in [0.3, 0.4) is 0 Å². The Morgan fingerprint density at radius 2 is 1.91 bits per heavy atom. The monoisotopic (exact) mass is 485 g/mol. The first-order valence-electron chi connectivity index (χ1n) is 10.5. The van der Waals surface area contributed by atoms with E-state index in [1.807, 2.05) is 24.3 Å². The number of hydrogen-bond donors (Lipinski definition) is 1. The summed E-state index contributed by atoms with van der Waals surface area (Å²) in [4.78, 5) is 28.5. The summed E-state index contributed by atoms with van der Waals surface area (Å²) in [7, 11) is -3.74. The van der Waals surface area contributed by atoms with E-state index in [1.54, 1.807) is 12.3 Å². The molecular formula is C23H23N3O5S2. The van der Waals surface area contributed by atoms with Crippen LogP contribution in [-0.2, 0) is 32.4 Å². The third-order valence-electron chi connectivity index (χ3n) is 5.18. The van der Waals surface area contributed by atoms with E-state index >= 15 is 0 Å². The smallest absolute Gasteiger partial charge is 0.311 e. The predicted octanol–water partition coefficient (Wildman–Crippen LogP) is 3.64. The summed E-state index contributed by atoms with van der Waals surface area (Å²) in [5.74, 6) is -0.798. The van der Waals surface area contributed by atoms with Crippen LogP contribution in [0.4, 0.5) is 10.8 Å². The Morgan fingerprint density at radius 1 is 1.15 bits per heavy atom. The summed E-state index contributed by atoms with van der Waals surface area (Å²) in [6.45, 7) is 2.44. The van der Waals surface area contributed by atoms with Gasteiger partial charge in [0, 0.05) is 17.5 Å².